The summed E-state index contributed by atoms with van der Waals surface area (Å²) in [6.07, 6.45) is -3.40. The van der Waals surface area contributed by atoms with Gasteiger partial charge in [-0.05, 0) is 56.7 Å². The van der Waals surface area contributed by atoms with Crippen LogP contribution in [0.3, 0.4) is 0 Å². The molecule has 14 heteroatoms. The van der Waals surface area contributed by atoms with Gasteiger partial charge in [0.05, 0.1) is 25.1 Å². The molecule has 2 atom stereocenters. The van der Waals surface area contributed by atoms with Crippen LogP contribution in [0.1, 0.15) is 43.5 Å². The number of benzene rings is 1. The Morgan fingerprint density at radius 3 is 2.62 bits per heavy atom. The molecule has 0 aliphatic carbocycles. The number of aromatic nitrogens is 4. The number of carbonyl (C=O) groups is 1. The van der Waals surface area contributed by atoms with Gasteiger partial charge in [-0.15, -0.1) is 0 Å². The maximum atomic E-state index is 14.5. The Labute approximate surface area is 241 Å². The number of rotatable bonds is 8. The maximum absolute atomic E-state index is 14.5. The van der Waals surface area contributed by atoms with Crippen molar-refractivity contribution in [1.29, 1.82) is 0 Å². The Bertz CT molecular complexity index is 1420. The van der Waals surface area contributed by atoms with Gasteiger partial charge in [0, 0.05) is 43.5 Å². The van der Waals surface area contributed by atoms with E-state index in [0.29, 0.717) is 49.9 Å². The molecule has 3 aromatic rings. The summed E-state index contributed by atoms with van der Waals surface area (Å²) in [5, 5.41) is 7.56. The molecule has 0 bridgehead atoms. The van der Waals surface area contributed by atoms with E-state index in [1.54, 1.807) is 26.1 Å². The zero-order valence-corrected chi connectivity index (χ0v) is 23.6. The van der Waals surface area contributed by atoms with E-state index >= 15 is 0 Å². The Hall–Kier alpha value is -4.07. The first-order chi connectivity index (χ1) is 20.0. The van der Waals surface area contributed by atoms with E-state index in [-0.39, 0.29) is 40.5 Å². The number of hydrogen-bond acceptors (Lipinski definition) is 10. The van der Waals surface area contributed by atoms with Crippen molar-refractivity contribution in [2.24, 2.45) is 5.41 Å². The molecule has 3 N–H and O–H groups in total. The van der Waals surface area contributed by atoms with Gasteiger partial charge >= 0.3 is 12.1 Å². The van der Waals surface area contributed by atoms with Gasteiger partial charge in [0.2, 0.25) is 17.9 Å². The zero-order valence-electron chi connectivity index (χ0n) is 23.6. The van der Waals surface area contributed by atoms with E-state index in [2.05, 4.69) is 20.4 Å². The molecule has 0 unspecified atom stereocenters. The quantitative estimate of drug-likeness (QED) is 0.375. The lowest BCUT2D eigenvalue weighted by Crippen LogP contribution is -2.41. The molecule has 42 heavy (non-hydrogen) atoms. The molecule has 5 rings (SSSR count). The summed E-state index contributed by atoms with van der Waals surface area (Å²) in [5.74, 6) is -0.0112. The number of piperidine rings is 1. The Kier molecular flexibility index (Phi) is 8.17. The van der Waals surface area contributed by atoms with E-state index < -0.39 is 12.3 Å². The van der Waals surface area contributed by atoms with Crippen LogP contribution in [0.5, 0.6) is 11.6 Å². The van der Waals surface area contributed by atoms with Crippen LogP contribution in [-0.4, -0.2) is 71.3 Å². The minimum atomic E-state index is -4.80. The van der Waals surface area contributed by atoms with Crippen LogP contribution in [0.4, 0.5) is 24.9 Å². The normalized spacial score (nSPS) is 19.1. The first-order valence-corrected chi connectivity index (χ1v) is 13.7. The number of nitrogens with two attached hydrogens (primary N) is 1. The number of nitrogen functional groups attached to an aromatic ring is 1. The number of nitrogens with one attached hydrogen (secondary N) is 1. The largest absolute Gasteiger partial charge is 0.497 e. The average molecular weight is 590 g/mol. The number of hydrogen-bond donors (Lipinski definition) is 2. The lowest BCUT2D eigenvalue weighted by Gasteiger charge is -2.39. The molecule has 1 aromatic carbocycles. The zero-order chi connectivity index (χ0) is 30.1. The van der Waals surface area contributed by atoms with E-state index in [9.17, 15) is 18.0 Å². The van der Waals surface area contributed by atoms with Gasteiger partial charge in [0.15, 0.2) is 0 Å². The number of alkyl halides is 3. The fraction of sp³-hybridized carbons (Fsp3) is 0.500. The van der Waals surface area contributed by atoms with Gasteiger partial charge in [0.25, 0.3) is 0 Å². The van der Waals surface area contributed by atoms with Crippen molar-refractivity contribution in [3.63, 3.8) is 0 Å². The molecule has 0 radical (unpaired) electrons. The fourth-order valence-corrected chi connectivity index (χ4v) is 5.62. The van der Waals surface area contributed by atoms with Gasteiger partial charge in [-0.1, -0.05) is 0 Å². The third-order valence-electron chi connectivity index (χ3n) is 7.81. The SMILES string of the molecule is CCOC(=O)[C@@H]1CC2(CCN(c3cc(O[C@H](c4ccc(OC)cc4-n4ccc(C)n4)C(F)(F)F)nc(N)n3)CC2)CN1. The highest BCUT2D eigenvalue weighted by molar-refractivity contribution is 5.76. The van der Waals surface area contributed by atoms with Crippen molar-refractivity contribution in [3.8, 4) is 17.3 Å². The molecule has 2 aliphatic rings. The summed E-state index contributed by atoms with van der Waals surface area (Å²) in [4.78, 5) is 22.4. The second-order valence-corrected chi connectivity index (χ2v) is 10.7. The summed E-state index contributed by atoms with van der Waals surface area (Å²) in [6.45, 7) is 5.70. The lowest BCUT2D eigenvalue weighted by atomic mass is 9.76. The van der Waals surface area contributed by atoms with E-state index in [4.69, 9.17) is 19.9 Å². The van der Waals surface area contributed by atoms with Crippen molar-refractivity contribution in [1.82, 2.24) is 25.1 Å². The molecule has 2 fully saturated rings. The molecular formula is C28H34F3N7O4. The van der Waals surface area contributed by atoms with Crippen LogP contribution in [0.25, 0.3) is 5.69 Å². The highest BCUT2D eigenvalue weighted by Gasteiger charge is 2.46. The fourth-order valence-electron chi connectivity index (χ4n) is 5.62. The van der Waals surface area contributed by atoms with Gasteiger partial charge in [-0.25, -0.2) is 4.68 Å². The van der Waals surface area contributed by atoms with Crippen LogP contribution in [-0.2, 0) is 9.53 Å². The third-order valence-corrected chi connectivity index (χ3v) is 7.81. The maximum Gasteiger partial charge on any atom is 0.429 e. The van der Waals surface area contributed by atoms with Crippen molar-refractivity contribution in [2.45, 2.75) is 51.4 Å². The van der Waals surface area contributed by atoms with Crippen molar-refractivity contribution < 1.29 is 32.2 Å². The Morgan fingerprint density at radius 2 is 1.98 bits per heavy atom. The minimum absolute atomic E-state index is 0.0666. The molecule has 11 nitrogen and oxygen atoms in total. The molecule has 2 saturated heterocycles. The summed E-state index contributed by atoms with van der Waals surface area (Å²) in [5.41, 5.74) is 6.49. The predicted molar refractivity (Wildman–Crippen MR) is 148 cm³/mol. The molecule has 226 valence electrons. The van der Waals surface area contributed by atoms with Gasteiger partial charge < -0.3 is 30.2 Å². The first kappa shape index (κ1) is 29.4. The van der Waals surface area contributed by atoms with Crippen LogP contribution < -0.4 is 25.4 Å². The number of carbonyl (C=O) groups excluding carboxylic acids is 1. The van der Waals surface area contributed by atoms with Crippen LogP contribution in [0, 0.1) is 12.3 Å². The number of esters is 1. The highest BCUT2D eigenvalue weighted by Crippen LogP contribution is 2.42. The lowest BCUT2D eigenvalue weighted by molar-refractivity contribution is -0.198. The number of aryl methyl sites for hydroxylation is 1. The second kappa shape index (κ2) is 11.7. The van der Waals surface area contributed by atoms with E-state index in [1.165, 1.54) is 36.1 Å². The molecule has 0 amide bonds. The first-order valence-electron chi connectivity index (χ1n) is 13.7. The molecule has 2 aromatic heterocycles. The number of anilines is 2. The third kappa shape index (κ3) is 6.22. The summed E-state index contributed by atoms with van der Waals surface area (Å²) in [6, 6.07) is 6.94. The Morgan fingerprint density at radius 1 is 1.21 bits per heavy atom. The van der Waals surface area contributed by atoms with Crippen molar-refractivity contribution >= 4 is 17.7 Å². The van der Waals surface area contributed by atoms with Gasteiger partial charge in [-0.2, -0.15) is 28.2 Å². The topological polar surface area (TPSA) is 130 Å². The molecule has 4 heterocycles. The minimum Gasteiger partial charge on any atom is -0.497 e. The van der Waals surface area contributed by atoms with Crippen molar-refractivity contribution in [3.05, 3.63) is 47.8 Å². The average Bonchev–Trinajstić information content (AvgIpc) is 3.57. The second-order valence-electron chi connectivity index (χ2n) is 10.7. The van der Waals surface area contributed by atoms with Crippen molar-refractivity contribution in [2.75, 3.05) is 44.0 Å². The Balaban J connectivity index is 1.37. The monoisotopic (exact) mass is 589 g/mol. The van der Waals surface area contributed by atoms with E-state index in [0.717, 1.165) is 12.8 Å². The number of halogens is 3. The van der Waals surface area contributed by atoms with E-state index in [1.807, 2.05) is 4.90 Å². The summed E-state index contributed by atoms with van der Waals surface area (Å²) < 4.78 is 60.9. The predicted octanol–water partition coefficient (Wildman–Crippen LogP) is 3.76. The molecular weight excluding hydrogens is 555 g/mol. The summed E-state index contributed by atoms with van der Waals surface area (Å²) >= 11 is 0. The molecule has 0 saturated carbocycles. The van der Waals surface area contributed by atoms with Crippen LogP contribution >= 0.6 is 0 Å². The molecule has 1 spiro atoms. The number of nitrogens with zero attached hydrogens (tertiary/aromatic N) is 5. The van der Waals surface area contributed by atoms with Gasteiger partial charge in [0.1, 0.15) is 17.6 Å². The highest BCUT2D eigenvalue weighted by atomic mass is 19.4. The molecule has 2 aliphatic heterocycles. The van der Waals surface area contributed by atoms with Crippen LogP contribution in [0.15, 0.2) is 36.5 Å². The smallest absolute Gasteiger partial charge is 0.429 e. The van der Waals surface area contributed by atoms with Crippen LogP contribution in [0.2, 0.25) is 0 Å². The number of ether oxygens (including phenoxy) is 3. The number of methoxy groups -OCH3 is 1. The van der Waals surface area contributed by atoms with Gasteiger partial charge in [-0.3, -0.25) is 4.79 Å². The summed E-state index contributed by atoms with van der Waals surface area (Å²) in [7, 11) is 1.43. The standard InChI is InChI=1S/C28H34F3N7O4/c1-4-41-25(39)20-15-27(16-33-20)8-11-37(12-9-27)22-14-23(35-26(32)34-22)42-24(28(29,30)31)19-6-5-18(40-3)13-21(19)38-10-7-17(2)36-38/h5-7,10,13-14,20,24,33H,4,8-9,11-12,15-16H2,1-3H3,(H2,32,34,35)/t20-,24+/m0/s1.